The van der Waals surface area contributed by atoms with E-state index in [1.807, 2.05) is 12.1 Å². The van der Waals surface area contributed by atoms with Crippen molar-refractivity contribution in [3.63, 3.8) is 0 Å². The van der Waals surface area contributed by atoms with E-state index >= 15 is 0 Å². The number of aromatic nitrogens is 2. The molecule has 248 valence electrons. The summed E-state index contributed by atoms with van der Waals surface area (Å²) in [5, 5.41) is 49.1. The third-order valence-corrected chi connectivity index (χ3v) is 9.22. The number of carboxylic acids is 1. The van der Waals surface area contributed by atoms with Gasteiger partial charge in [-0.3, -0.25) is 9.59 Å². The van der Waals surface area contributed by atoms with E-state index in [9.17, 15) is 34.8 Å². The first kappa shape index (κ1) is 33.2. The van der Waals surface area contributed by atoms with Crippen LogP contribution < -0.4 is 16.2 Å². The number of phenols is 1. The van der Waals surface area contributed by atoms with E-state index < -0.39 is 17.7 Å². The van der Waals surface area contributed by atoms with Crippen molar-refractivity contribution in [1.29, 1.82) is 0 Å². The van der Waals surface area contributed by atoms with Crippen LogP contribution in [-0.4, -0.2) is 48.8 Å². The molecule has 4 aromatic carbocycles. The number of thiazole rings is 1. The Balaban J connectivity index is 1.01. The number of H-pyrrole nitrogens is 1. The summed E-state index contributed by atoms with van der Waals surface area (Å²) in [6.45, 7) is 0.932. The second kappa shape index (κ2) is 14.2. The molecule has 6 rings (SSSR count). The highest BCUT2D eigenvalue weighted by molar-refractivity contribution is 7.15. The molecule has 0 aliphatic heterocycles. The molecule has 0 bridgehead atoms. The Labute approximate surface area is 284 Å². The van der Waals surface area contributed by atoms with Crippen LogP contribution >= 0.6 is 11.3 Å². The average molecular weight is 677 g/mol. The Morgan fingerprint density at radius 3 is 2.31 bits per heavy atom. The van der Waals surface area contributed by atoms with E-state index in [4.69, 9.17) is 0 Å². The normalized spacial score (nSPS) is 13.1. The van der Waals surface area contributed by atoms with Gasteiger partial charge in [-0.05, 0) is 46.5 Å². The van der Waals surface area contributed by atoms with Gasteiger partial charge in [0.15, 0.2) is 0 Å². The molecule has 0 aliphatic carbocycles. The topological polar surface area (TPSA) is 185 Å². The van der Waals surface area contributed by atoms with Crippen LogP contribution in [0.5, 0.6) is 5.75 Å². The lowest BCUT2D eigenvalue weighted by molar-refractivity contribution is -0.155. The van der Waals surface area contributed by atoms with Crippen LogP contribution in [0.1, 0.15) is 43.6 Å². The molecular weight excluding hydrogens is 644 g/mol. The van der Waals surface area contributed by atoms with Crippen molar-refractivity contribution in [2.75, 3.05) is 6.54 Å². The van der Waals surface area contributed by atoms with Crippen LogP contribution in [0.3, 0.4) is 0 Å². The van der Waals surface area contributed by atoms with Crippen LogP contribution in [-0.2, 0) is 23.5 Å². The molecule has 2 atom stereocenters. The average Bonchev–Trinajstić information content (AvgIpc) is 3.60. The predicted octanol–water partition coefficient (Wildman–Crippen LogP) is 4.43. The van der Waals surface area contributed by atoms with E-state index in [2.05, 4.69) is 20.6 Å². The lowest BCUT2D eigenvalue weighted by atomic mass is 9.86. The minimum atomic E-state index is -2.19. The number of aliphatic carboxylic acids is 1. The Morgan fingerprint density at radius 2 is 1.59 bits per heavy atom. The van der Waals surface area contributed by atoms with Crippen molar-refractivity contribution in [2.45, 2.75) is 24.8 Å². The summed E-state index contributed by atoms with van der Waals surface area (Å²) in [6, 6.07) is 27.9. The Hall–Kier alpha value is -5.66. The zero-order chi connectivity index (χ0) is 34.5. The summed E-state index contributed by atoms with van der Waals surface area (Å²) >= 11 is 1.39. The van der Waals surface area contributed by atoms with Crippen molar-refractivity contribution < 1.29 is 30.0 Å². The molecule has 1 amide bonds. The Kier molecular flexibility index (Phi) is 9.65. The maximum atomic E-state index is 12.8. The van der Waals surface area contributed by atoms with Crippen LogP contribution in [0.15, 0.2) is 114 Å². The van der Waals surface area contributed by atoms with Crippen LogP contribution in [0, 0.1) is 0 Å². The van der Waals surface area contributed by atoms with Gasteiger partial charge in [-0.15, -0.1) is 11.3 Å². The van der Waals surface area contributed by atoms with Crippen LogP contribution in [0.2, 0.25) is 0 Å². The quantitative estimate of drug-likeness (QED) is 0.0985. The molecule has 0 fully saturated rings. The molecule has 0 radical (unpaired) electrons. The molecule has 11 nitrogen and oxygen atoms in total. The maximum Gasteiger partial charge on any atom is 0.345 e. The van der Waals surface area contributed by atoms with Crippen molar-refractivity contribution >= 4 is 34.1 Å². The molecule has 2 aromatic heterocycles. The van der Waals surface area contributed by atoms with Crippen molar-refractivity contribution in [2.24, 2.45) is 0 Å². The minimum absolute atomic E-state index is 0.0706. The first-order valence-corrected chi connectivity index (χ1v) is 16.1. The lowest BCUT2D eigenvalue weighted by Gasteiger charge is -2.24. The molecular formula is C37H32N4O7S. The van der Waals surface area contributed by atoms with Crippen LogP contribution in [0.25, 0.3) is 21.5 Å². The highest BCUT2D eigenvalue weighted by atomic mass is 32.1. The molecule has 49 heavy (non-hydrogen) atoms. The monoisotopic (exact) mass is 676 g/mol. The number of phenolic OH excluding ortho intramolecular Hbond substituents is 1. The van der Waals surface area contributed by atoms with Gasteiger partial charge >= 0.3 is 5.97 Å². The summed E-state index contributed by atoms with van der Waals surface area (Å²) in [6.07, 6.45) is 0.789. The number of benzene rings is 4. The molecule has 6 aromatic rings. The smallest absolute Gasteiger partial charge is 0.345 e. The zero-order valence-corrected chi connectivity index (χ0v) is 26.8. The molecule has 0 saturated carbocycles. The Morgan fingerprint density at radius 1 is 0.878 bits per heavy atom. The largest absolute Gasteiger partial charge is 0.506 e. The number of pyridine rings is 1. The number of aliphatic hydroxyl groups excluding tert-OH is 1. The summed E-state index contributed by atoms with van der Waals surface area (Å²) in [4.78, 5) is 44.4. The molecule has 0 spiro atoms. The number of rotatable bonds is 12. The number of aromatic hydroxyl groups is 1. The maximum absolute atomic E-state index is 12.8. The van der Waals surface area contributed by atoms with Gasteiger partial charge in [-0.25, -0.2) is 9.78 Å². The van der Waals surface area contributed by atoms with Gasteiger partial charge < -0.3 is 36.0 Å². The first-order valence-electron chi connectivity index (χ1n) is 15.3. The van der Waals surface area contributed by atoms with Gasteiger partial charge in [-0.2, -0.15) is 0 Å². The molecule has 7 N–H and O–H groups in total. The third-order valence-electron chi connectivity index (χ3n) is 8.18. The number of carbonyl (C=O) groups is 2. The van der Waals surface area contributed by atoms with E-state index in [0.29, 0.717) is 28.1 Å². The van der Waals surface area contributed by atoms with Crippen molar-refractivity contribution in [1.82, 2.24) is 20.6 Å². The predicted molar refractivity (Wildman–Crippen MR) is 185 cm³/mol. The number of hydrogen-bond donors (Lipinski definition) is 7. The third kappa shape index (κ3) is 7.12. The molecule has 2 heterocycles. The highest BCUT2D eigenvalue weighted by Gasteiger charge is 2.40. The molecule has 0 saturated heterocycles. The van der Waals surface area contributed by atoms with E-state index in [1.165, 1.54) is 23.5 Å². The number of hydrogen-bond acceptors (Lipinski definition) is 9. The van der Waals surface area contributed by atoms with Gasteiger partial charge in [0.1, 0.15) is 10.8 Å². The number of aromatic amines is 1. The van der Waals surface area contributed by atoms with E-state index in [0.717, 1.165) is 16.0 Å². The van der Waals surface area contributed by atoms with Crippen molar-refractivity contribution in [3.8, 4) is 16.3 Å². The number of carboxylic acid groups (broad SMARTS) is 1. The highest BCUT2D eigenvalue weighted by Crippen LogP contribution is 2.33. The fraction of sp³-hybridized carbons (Fsp3) is 0.135. The summed E-state index contributed by atoms with van der Waals surface area (Å²) in [5.74, 6) is -1.69. The fourth-order valence-electron chi connectivity index (χ4n) is 5.53. The summed E-state index contributed by atoms with van der Waals surface area (Å²) in [5.41, 5.74) is 0.929. The molecule has 0 aliphatic rings. The first-order chi connectivity index (χ1) is 23.6. The summed E-state index contributed by atoms with van der Waals surface area (Å²) in [7, 11) is 0. The lowest BCUT2D eigenvalue weighted by Crippen LogP contribution is -2.36. The Bertz CT molecular complexity index is 2170. The standard InChI is InChI=1S/C37H32N4O7S/c42-30-16-14-28(29-15-17-32(44)41-33(29)30)31(43)21-38-18-22-6-8-23(9-7-22)34(45)39-19-27-20-40-35(49-27)24-10-12-26(13-11-24)37(48,36(46)47)25-4-2-1-3-5-25/h1-17,20,31,38,42-43,48H,18-19,21H2,(H,39,45)(H,41,44)(H,46,47)/t31-,37-/m0/s1. The SMILES string of the molecule is O=C(NCc1cnc(-c2ccc([C@](O)(C(=O)O)c3ccccc3)cc2)s1)c1ccc(CNC[C@H](O)c2ccc(O)c3[nH]c(=O)ccc23)cc1. The van der Waals surface area contributed by atoms with Gasteiger partial charge in [-0.1, -0.05) is 72.8 Å². The number of nitrogens with zero attached hydrogens (tertiary/aromatic N) is 1. The van der Waals surface area contributed by atoms with Crippen LogP contribution in [0.4, 0.5) is 0 Å². The number of aliphatic hydroxyl groups is 2. The second-order valence-corrected chi connectivity index (χ2v) is 12.5. The van der Waals surface area contributed by atoms with Gasteiger partial charge in [0.2, 0.25) is 11.2 Å². The zero-order valence-electron chi connectivity index (χ0n) is 26.0. The second-order valence-electron chi connectivity index (χ2n) is 11.4. The number of amides is 1. The molecule has 0 unspecified atom stereocenters. The summed E-state index contributed by atoms with van der Waals surface area (Å²) < 4.78 is 0. The van der Waals surface area contributed by atoms with E-state index in [1.54, 1.807) is 85.1 Å². The van der Waals surface area contributed by atoms with Gasteiger partial charge in [0.05, 0.1) is 18.2 Å². The number of fused-ring (bicyclic) bond motifs is 1. The number of carbonyl (C=O) groups excluding carboxylic acids is 1. The van der Waals surface area contributed by atoms with Gasteiger partial charge in [0, 0.05) is 46.7 Å². The van der Waals surface area contributed by atoms with E-state index in [-0.39, 0.29) is 46.9 Å². The number of nitrogens with one attached hydrogen (secondary N) is 3. The minimum Gasteiger partial charge on any atom is -0.506 e. The fourth-order valence-corrected chi connectivity index (χ4v) is 6.38. The molecule has 12 heteroatoms. The van der Waals surface area contributed by atoms with Crippen molar-refractivity contribution in [3.05, 3.63) is 152 Å². The van der Waals surface area contributed by atoms with Gasteiger partial charge in [0.25, 0.3) is 5.91 Å².